The van der Waals surface area contributed by atoms with Crippen LogP contribution in [0.25, 0.3) is 0 Å². The number of hydrogen-bond donors (Lipinski definition) is 2. The van der Waals surface area contributed by atoms with Gasteiger partial charge < -0.3 is 19.8 Å². The first-order valence-corrected chi connectivity index (χ1v) is 18.4. The van der Waals surface area contributed by atoms with Crippen LogP contribution in [0.5, 0.6) is 5.75 Å². The van der Waals surface area contributed by atoms with Crippen LogP contribution in [0.3, 0.4) is 0 Å². The van der Waals surface area contributed by atoms with Gasteiger partial charge in [0, 0.05) is 21.7 Å². The summed E-state index contributed by atoms with van der Waals surface area (Å²) >= 11 is 2.63. The van der Waals surface area contributed by atoms with Crippen molar-refractivity contribution in [2.24, 2.45) is 29.6 Å². The molecule has 2 saturated carbocycles. The summed E-state index contributed by atoms with van der Waals surface area (Å²) in [6.45, 7) is 1.69. The Labute approximate surface area is 302 Å². The number of H-pyrrole nitrogens is 1. The molecule has 3 aromatic carbocycles. The van der Waals surface area contributed by atoms with Gasteiger partial charge >= 0.3 is 17.0 Å². The van der Waals surface area contributed by atoms with Crippen molar-refractivity contribution < 1.29 is 41.8 Å². The van der Waals surface area contributed by atoms with Crippen LogP contribution in [-0.2, 0) is 25.3 Å². The number of nitrogens with zero attached hydrogens (tertiary/aromatic N) is 1. The van der Waals surface area contributed by atoms with E-state index in [1.54, 1.807) is 43.3 Å². The summed E-state index contributed by atoms with van der Waals surface area (Å²) in [5.74, 6) is -3.50. The predicted octanol–water partition coefficient (Wildman–Crippen LogP) is 6.33. The second kappa shape index (κ2) is 13.0. The number of imide groups is 1. The van der Waals surface area contributed by atoms with Gasteiger partial charge in [-0.2, -0.15) is 13.2 Å². The van der Waals surface area contributed by atoms with Crippen molar-refractivity contribution >= 4 is 58.2 Å². The van der Waals surface area contributed by atoms with E-state index in [1.165, 1.54) is 23.9 Å². The molecule has 0 spiro atoms. The number of carbonyl (C=O) groups is 4. The molecule has 1 aromatic heterocycles. The van der Waals surface area contributed by atoms with Gasteiger partial charge in [0.25, 0.3) is 5.91 Å². The van der Waals surface area contributed by atoms with E-state index in [0.29, 0.717) is 23.4 Å². The third-order valence-corrected chi connectivity index (χ3v) is 13.0. The number of esters is 1. The Morgan fingerprint density at radius 2 is 1.67 bits per heavy atom. The first-order chi connectivity index (χ1) is 24.9. The lowest BCUT2D eigenvalue weighted by Crippen LogP contribution is -2.42. The van der Waals surface area contributed by atoms with E-state index < -0.39 is 47.3 Å². The van der Waals surface area contributed by atoms with E-state index in [0.717, 1.165) is 43.8 Å². The molecule has 268 valence electrons. The molecule has 0 radical (unpaired) electrons. The van der Waals surface area contributed by atoms with Crippen LogP contribution in [-0.4, -0.2) is 47.1 Å². The number of thiazole rings is 1. The number of ether oxygens (including phenoxy) is 2. The molecule has 1 saturated heterocycles. The molecule has 2 N–H and O–H groups in total. The van der Waals surface area contributed by atoms with Crippen molar-refractivity contribution in [2.75, 3.05) is 23.4 Å². The molecule has 15 heteroatoms. The third-order valence-electron chi connectivity index (χ3n) is 10.4. The average molecular weight is 750 g/mol. The number of hydrogen-bond acceptors (Lipinski definition) is 9. The largest absolute Gasteiger partial charge is 0.484 e. The van der Waals surface area contributed by atoms with Gasteiger partial charge in [0.1, 0.15) is 5.75 Å². The molecule has 2 aliphatic carbocycles. The molecular weight excluding hydrogens is 720 g/mol. The van der Waals surface area contributed by atoms with E-state index in [2.05, 4.69) is 10.3 Å². The van der Waals surface area contributed by atoms with Crippen LogP contribution in [0, 0.1) is 29.6 Å². The normalized spacial score (nSPS) is 25.8. The monoisotopic (exact) mass is 749 g/mol. The van der Waals surface area contributed by atoms with Crippen LogP contribution in [0.1, 0.15) is 45.6 Å². The van der Waals surface area contributed by atoms with Gasteiger partial charge in [0.05, 0.1) is 40.3 Å². The minimum Gasteiger partial charge on any atom is -0.484 e. The fourth-order valence-corrected chi connectivity index (χ4v) is 11.4. The summed E-state index contributed by atoms with van der Waals surface area (Å²) in [4.78, 5) is 69.4. The van der Waals surface area contributed by atoms with Crippen molar-refractivity contribution in [1.82, 2.24) is 4.98 Å². The summed E-state index contributed by atoms with van der Waals surface area (Å²) < 4.78 is 51.3. The Morgan fingerprint density at radius 3 is 2.37 bits per heavy atom. The molecule has 10 nitrogen and oxygen atoms in total. The summed E-state index contributed by atoms with van der Waals surface area (Å²) in [6.07, 6.45) is -4.00. The summed E-state index contributed by atoms with van der Waals surface area (Å²) in [7, 11) is 0. The van der Waals surface area contributed by atoms with Gasteiger partial charge in [-0.25, -0.2) is 4.79 Å². The zero-order valence-corrected chi connectivity index (χ0v) is 29.0. The van der Waals surface area contributed by atoms with E-state index in [1.807, 2.05) is 12.1 Å². The van der Waals surface area contributed by atoms with Gasteiger partial charge in [-0.05, 0) is 91.3 Å². The predicted molar refractivity (Wildman–Crippen MR) is 185 cm³/mol. The van der Waals surface area contributed by atoms with Gasteiger partial charge in [-0.1, -0.05) is 29.5 Å². The molecule has 4 aliphatic rings. The molecule has 3 heterocycles. The Hall–Kier alpha value is -4.89. The zero-order chi connectivity index (χ0) is 36.5. The van der Waals surface area contributed by atoms with Crippen molar-refractivity contribution in [3.8, 4) is 5.75 Å². The third kappa shape index (κ3) is 5.79. The zero-order valence-electron chi connectivity index (χ0n) is 27.3. The SMILES string of the molecule is CCOC(=O)c1ccc(NC(=O)COc2ccc([C@H]3c4sc(=O)[nH]c4SC4C5CC(C6C(=O)N(c7cccc(C(F)(F)F)c7)C(=O)C56)C43)cc2)cc1. The molecule has 7 atom stereocenters. The molecule has 2 bridgehead atoms. The minimum absolute atomic E-state index is 0.0783. The standard InChI is InChI=1S/C37H30F3N3O7S2/c1-2-49-35(47)18-6-10-20(11-7-18)41-25(44)16-50-22-12-8-17(9-13-22)26-27-23-15-24(30(27)51-32-31(26)52-36(48)42-32)29-28(23)33(45)43(34(29)46)21-5-3-4-19(14-21)37(38,39)40/h3-14,23-24,26-30H,2,15-16H2,1H3,(H,41,44)(H,42,48)/t23?,24?,26-,27?,28?,29?,30?/m1/s1. The maximum Gasteiger partial charge on any atom is 0.416 e. The topological polar surface area (TPSA) is 135 Å². The number of nitrogens with one attached hydrogen (secondary N) is 2. The lowest BCUT2D eigenvalue weighted by molar-refractivity contribution is -0.137. The minimum atomic E-state index is -4.63. The van der Waals surface area contributed by atoms with Crippen LogP contribution in [0.2, 0.25) is 0 Å². The number of amides is 3. The summed E-state index contributed by atoms with van der Waals surface area (Å²) in [5, 5.41) is 3.35. The smallest absolute Gasteiger partial charge is 0.416 e. The van der Waals surface area contributed by atoms with Crippen molar-refractivity contribution in [1.29, 1.82) is 0 Å². The van der Waals surface area contributed by atoms with Crippen LogP contribution in [0.4, 0.5) is 24.5 Å². The van der Waals surface area contributed by atoms with Crippen LogP contribution in [0.15, 0.2) is 82.6 Å². The Bertz CT molecular complexity index is 2150. The van der Waals surface area contributed by atoms with Crippen LogP contribution < -0.4 is 19.8 Å². The van der Waals surface area contributed by atoms with Gasteiger partial charge in [-0.3, -0.25) is 24.1 Å². The number of halogens is 3. The lowest BCUT2D eigenvalue weighted by atomic mass is 9.68. The van der Waals surface area contributed by atoms with Crippen molar-refractivity contribution in [3.05, 3.63) is 104 Å². The number of thioether (sulfide) groups is 1. The van der Waals surface area contributed by atoms with E-state index in [4.69, 9.17) is 9.47 Å². The fourth-order valence-electron chi connectivity index (χ4n) is 8.49. The number of aromatic amines is 1. The molecular formula is C37H30F3N3O7S2. The summed E-state index contributed by atoms with van der Waals surface area (Å²) in [5.41, 5.74) is 0.713. The molecule has 3 fully saturated rings. The molecule has 8 rings (SSSR count). The number of anilines is 2. The first kappa shape index (κ1) is 34.2. The lowest BCUT2D eigenvalue weighted by Gasteiger charge is -2.43. The summed E-state index contributed by atoms with van der Waals surface area (Å²) in [6, 6.07) is 17.8. The highest BCUT2D eigenvalue weighted by Gasteiger charge is 2.69. The number of rotatable bonds is 8. The van der Waals surface area contributed by atoms with E-state index in [9.17, 15) is 37.1 Å². The second-order valence-corrected chi connectivity index (χ2v) is 15.4. The highest BCUT2D eigenvalue weighted by molar-refractivity contribution is 8.00. The first-order valence-electron chi connectivity index (χ1n) is 16.7. The number of fused-ring (bicyclic) bond motifs is 9. The number of benzene rings is 3. The number of alkyl halides is 3. The molecule has 3 amide bonds. The second-order valence-electron chi connectivity index (χ2n) is 13.2. The molecule has 52 heavy (non-hydrogen) atoms. The Kier molecular flexibility index (Phi) is 8.52. The number of carbonyl (C=O) groups excluding carboxylic acids is 4. The van der Waals surface area contributed by atoms with Gasteiger partial charge in [0.2, 0.25) is 11.8 Å². The Balaban J connectivity index is 1.00. The number of aromatic nitrogens is 1. The molecule has 2 aliphatic heterocycles. The maximum atomic E-state index is 14.0. The average Bonchev–Trinajstić information content (AvgIpc) is 3.86. The quantitative estimate of drug-likeness (QED) is 0.158. The molecule has 4 aromatic rings. The van der Waals surface area contributed by atoms with Gasteiger partial charge in [-0.15, -0.1) is 11.8 Å². The maximum absolute atomic E-state index is 14.0. The van der Waals surface area contributed by atoms with E-state index in [-0.39, 0.29) is 52.7 Å². The van der Waals surface area contributed by atoms with Crippen molar-refractivity contribution in [3.63, 3.8) is 0 Å². The highest BCUT2D eigenvalue weighted by Crippen LogP contribution is 2.68. The fraction of sp³-hybridized carbons (Fsp3) is 0.324. The Morgan fingerprint density at radius 1 is 0.962 bits per heavy atom. The van der Waals surface area contributed by atoms with Crippen LogP contribution >= 0.6 is 23.1 Å². The van der Waals surface area contributed by atoms with Gasteiger partial charge in [0.15, 0.2) is 6.61 Å². The molecule has 6 unspecified atom stereocenters. The van der Waals surface area contributed by atoms with E-state index >= 15 is 0 Å². The van der Waals surface area contributed by atoms with Crippen molar-refractivity contribution in [2.45, 2.75) is 35.7 Å². The highest BCUT2D eigenvalue weighted by atomic mass is 32.2.